The second kappa shape index (κ2) is 5.88. The molecule has 0 aromatic heterocycles. The van der Waals surface area contributed by atoms with E-state index in [0.717, 1.165) is 22.9 Å². The second-order valence-electron chi connectivity index (χ2n) is 3.81. The molecule has 0 aliphatic rings. The molecule has 2 unspecified atom stereocenters. The van der Waals surface area contributed by atoms with Gasteiger partial charge in [0.15, 0.2) is 0 Å². The van der Waals surface area contributed by atoms with Gasteiger partial charge in [-0.1, -0.05) is 53.9 Å². The van der Waals surface area contributed by atoms with Crippen LogP contribution in [0.3, 0.4) is 0 Å². The molecule has 0 aliphatic carbocycles. The normalized spacial score (nSPS) is 15.0. The van der Waals surface area contributed by atoms with E-state index >= 15 is 0 Å². The third kappa shape index (κ3) is 3.47. The van der Waals surface area contributed by atoms with Gasteiger partial charge in [-0.3, -0.25) is 0 Å². The van der Waals surface area contributed by atoms with Crippen LogP contribution in [-0.2, 0) is 0 Å². The predicted molar refractivity (Wildman–Crippen MR) is 68.5 cm³/mol. The highest BCUT2D eigenvalue weighted by Gasteiger charge is 2.17. The molecule has 0 spiro atoms. The molecule has 0 amide bonds. The van der Waals surface area contributed by atoms with Crippen molar-refractivity contribution in [3.05, 3.63) is 33.3 Å². The summed E-state index contributed by atoms with van der Waals surface area (Å²) in [5, 5.41) is 10.6. The summed E-state index contributed by atoms with van der Waals surface area (Å²) in [5.74, 6) is 0.0885. The Morgan fingerprint density at radius 3 is 2.67 bits per heavy atom. The van der Waals surface area contributed by atoms with Crippen LogP contribution in [0.2, 0.25) is 5.02 Å². The molecule has 0 heterocycles. The molecular weight excluding hydrogens is 275 g/mol. The Labute approximate surface area is 105 Å². The molecule has 0 saturated carbocycles. The van der Waals surface area contributed by atoms with Crippen molar-refractivity contribution in [1.29, 1.82) is 0 Å². The lowest BCUT2D eigenvalue weighted by Gasteiger charge is -2.19. The Hall–Kier alpha value is -0.0500. The number of halogens is 2. The average Bonchev–Trinajstić information content (AvgIpc) is 2.17. The lowest BCUT2D eigenvalue weighted by atomic mass is 9.93. The molecule has 1 aromatic rings. The Morgan fingerprint density at radius 1 is 1.47 bits per heavy atom. The zero-order valence-corrected chi connectivity index (χ0v) is 11.3. The average molecular weight is 292 g/mol. The minimum absolute atomic E-state index is 0.0885. The standard InChI is InChI=1S/C12H16BrClO/c1-3-4-12(15)8(2)10-6-5-9(13)7-11(10)14/h5-8,12,15H,3-4H2,1-2H3. The van der Waals surface area contributed by atoms with Crippen LogP contribution in [0, 0.1) is 0 Å². The number of rotatable bonds is 4. The Morgan fingerprint density at radius 2 is 2.13 bits per heavy atom. The molecule has 0 bridgehead atoms. The van der Waals surface area contributed by atoms with E-state index in [2.05, 4.69) is 22.9 Å². The molecule has 1 rings (SSSR count). The van der Waals surface area contributed by atoms with Gasteiger partial charge >= 0.3 is 0 Å². The molecule has 0 fully saturated rings. The van der Waals surface area contributed by atoms with Crippen LogP contribution in [0.1, 0.15) is 38.2 Å². The van der Waals surface area contributed by atoms with Gasteiger partial charge in [-0.05, 0) is 24.1 Å². The summed E-state index contributed by atoms with van der Waals surface area (Å²) in [7, 11) is 0. The highest BCUT2D eigenvalue weighted by Crippen LogP contribution is 2.30. The molecule has 3 heteroatoms. The van der Waals surface area contributed by atoms with Gasteiger partial charge in [0.2, 0.25) is 0 Å². The summed E-state index contributed by atoms with van der Waals surface area (Å²) in [4.78, 5) is 0. The van der Waals surface area contributed by atoms with Gasteiger partial charge in [-0.15, -0.1) is 0 Å². The van der Waals surface area contributed by atoms with Gasteiger partial charge in [0.05, 0.1) is 6.10 Å². The largest absolute Gasteiger partial charge is 0.393 e. The van der Waals surface area contributed by atoms with Crippen molar-refractivity contribution in [1.82, 2.24) is 0 Å². The van der Waals surface area contributed by atoms with Crippen molar-refractivity contribution >= 4 is 27.5 Å². The van der Waals surface area contributed by atoms with Crippen molar-refractivity contribution in [2.24, 2.45) is 0 Å². The van der Waals surface area contributed by atoms with Crippen LogP contribution in [0.5, 0.6) is 0 Å². The van der Waals surface area contributed by atoms with Crippen molar-refractivity contribution in [2.75, 3.05) is 0 Å². The Kier molecular flexibility index (Phi) is 5.10. The lowest BCUT2D eigenvalue weighted by molar-refractivity contribution is 0.139. The topological polar surface area (TPSA) is 20.2 Å². The predicted octanol–water partition coefficient (Wildman–Crippen LogP) is 4.37. The quantitative estimate of drug-likeness (QED) is 0.873. The number of benzene rings is 1. The van der Waals surface area contributed by atoms with Crippen LogP contribution < -0.4 is 0 Å². The SMILES string of the molecule is CCCC(O)C(C)c1ccc(Br)cc1Cl. The van der Waals surface area contributed by atoms with Crippen LogP contribution in [0.15, 0.2) is 22.7 Å². The fourth-order valence-electron chi connectivity index (χ4n) is 1.62. The Balaban J connectivity index is 2.86. The summed E-state index contributed by atoms with van der Waals surface area (Å²) >= 11 is 9.49. The van der Waals surface area contributed by atoms with Crippen LogP contribution >= 0.6 is 27.5 Å². The molecule has 2 atom stereocenters. The monoisotopic (exact) mass is 290 g/mol. The van der Waals surface area contributed by atoms with E-state index in [1.54, 1.807) is 0 Å². The molecule has 1 aromatic carbocycles. The van der Waals surface area contributed by atoms with Crippen LogP contribution in [-0.4, -0.2) is 11.2 Å². The van der Waals surface area contributed by atoms with Gasteiger partial charge < -0.3 is 5.11 Å². The molecule has 0 saturated heterocycles. The fourth-order valence-corrected chi connectivity index (χ4v) is 2.47. The fraction of sp³-hybridized carbons (Fsp3) is 0.500. The Bertz CT molecular complexity index is 327. The first-order chi connectivity index (χ1) is 7.06. The van der Waals surface area contributed by atoms with E-state index in [-0.39, 0.29) is 12.0 Å². The molecule has 1 nitrogen and oxygen atoms in total. The summed E-state index contributed by atoms with van der Waals surface area (Å²) in [6, 6.07) is 5.79. The second-order valence-corrected chi connectivity index (χ2v) is 5.13. The lowest BCUT2D eigenvalue weighted by Crippen LogP contribution is -2.15. The molecular formula is C12H16BrClO. The van der Waals surface area contributed by atoms with Crippen molar-refractivity contribution in [3.8, 4) is 0 Å². The van der Waals surface area contributed by atoms with Gasteiger partial charge in [0.25, 0.3) is 0 Å². The number of hydrogen-bond donors (Lipinski definition) is 1. The maximum absolute atomic E-state index is 9.89. The minimum atomic E-state index is -0.311. The highest BCUT2D eigenvalue weighted by atomic mass is 79.9. The van der Waals surface area contributed by atoms with Crippen molar-refractivity contribution < 1.29 is 5.11 Å². The van der Waals surface area contributed by atoms with E-state index in [0.29, 0.717) is 5.02 Å². The van der Waals surface area contributed by atoms with Crippen molar-refractivity contribution in [2.45, 2.75) is 38.7 Å². The zero-order valence-electron chi connectivity index (χ0n) is 9.00. The van der Waals surface area contributed by atoms with E-state index in [9.17, 15) is 5.11 Å². The van der Waals surface area contributed by atoms with E-state index in [4.69, 9.17) is 11.6 Å². The van der Waals surface area contributed by atoms with E-state index < -0.39 is 0 Å². The van der Waals surface area contributed by atoms with Crippen LogP contribution in [0.25, 0.3) is 0 Å². The molecule has 1 N–H and O–H groups in total. The highest BCUT2D eigenvalue weighted by molar-refractivity contribution is 9.10. The van der Waals surface area contributed by atoms with Gasteiger partial charge in [-0.25, -0.2) is 0 Å². The molecule has 0 radical (unpaired) electrons. The number of hydrogen-bond acceptors (Lipinski definition) is 1. The summed E-state index contributed by atoms with van der Waals surface area (Å²) < 4.78 is 0.966. The summed E-state index contributed by atoms with van der Waals surface area (Å²) in [6.45, 7) is 4.08. The van der Waals surface area contributed by atoms with Crippen molar-refractivity contribution in [3.63, 3.8) is 0 Å². The maximum Gasteiger partial charge on any atom is 0.0606 e. The summed E-state index contributed by atoms with van der Waals surface area (Å²) in [5.41, 5.74) is 1.01. The minimum Gasteiger partial charge on any atom is -0.393 e. The maximum atomic E-state index is 9.89. The zero-order chi connectivity index (χ0) is 11.4. The molecule has 15 heavy (non-hydrogen) atoms. The molecule has 84 valence electrons. The smallest absolute Gasteiger partial charge is 0.0606 e. The first-order valence-electron chi connectivity index (χ1n) is 5.19. The van der Waals surface area contributed by atoms with E-state index in [1.165, 1.54) is 0 Å². The van der Waals surface area contributed by atoms with Gasteiger partial charge in [0.1, 0.15) is 0 Å². The van der Waals surface area contributed by atoms with Crippen LogP contribution in [0.4, 0.5) is 0 Å². The first-order valence-corrected chi connectivity index (χ1v) is 6.36. The summed E-state index contributed by atoms with van der Waals surface area (Å²) in [6.07, 6.45) is 1.49. The number of aliphatic hydroxyl groups excluding tert-OH is 1. The van der Waals surface area contributed by atoms with Gasteiger partial charge in [-0.2, -0.15) is 0 Å². The first kappa shape index (κ1) is 13.0. The number of aliphatic hydroxyl groups is 1. The van der Waals surface area contributed by atoms with E-state index in [1.807, 2.05) is 25.1 Å². The van der Waals surface area contributed by atoms with Gasteiger partial charge in [0, 0.05) is 15.4 Å². The molecule has 0 aliphatic heterocycles. The third-order valence-corrected chi connectivity index (χ3v) is 3.44. The third-order valence-electron chi connectivity index (χ3n) is 2.61.